The van der Waals surface area contributed by atoms with Crippen molar-refractivity contribution in [2.45, 2.75) is 64.0 Å². The third-order valence-electron chi connectivity index (χ3n) is 4.78. The van der Waals surface area contributed by atoms with Crippen LogP contribution < -0.4 is 5.32 Å². The maximum absolute atomic E-state index is 5.43. The third-order valence-corrected chi connectivity index (χ3v) is 4.78. The van der Waals surface area contributed by atoms with E-state index in [4.69, 9.17) is 4.52 Å². The second-order valence-electron chi connectivity index (χ2n) is 6.24. The molecule has 0 bridgehead atoms. The summed E-state index contributed by atoms with van der Waals surface area (Å²) in [6.07, 6.45) is 8.67. The van der Waals surface area contributed by atoms with Crippen molar-refractivity contribution < 1.29 is 4.52 Å². The number of rotatable bonds is 4. The lowest BCUT2D eigenvalue weighted by Gasteiger charge is -2.49. The van der Waals surface area contributed by atoms with Crippen molar-refractivity contribution in [2.24, 2.45) is 0 Å². The molecule has 1 spiro atoms. The molecule has 0 amide bonds. The summed E-state index contributed by atoms with van der Waals surface area (Å²) < 4.78 is 5.43. The second kappa shape index (κ2) is 7.56. The van der Waals surface area contributed by atoms with Crippen molar-refractivity contribution in [3.63, 3.8) is 0 Å². The van der Waals surface area contributed by atoms with E-state index in [1.807, 2.05) is 0 Å². The van der Waals surface area contributed by atoms with Gasteiger partial charge in [0.2, 0.25) is 5.89 Å². The molecule has 5 nitrogen and oxygen atoms in total. The molecule has 3 rings (SSSR count). The largest absolute Gasteiger partial charge is 0.338 e. The molecule has 1 aromatic rings. The second-order valence-corrected chi connectivity index (χ2v) is 6.24. The number of piperazine rings is 1. The molecule has 0 atom stereocenters. The van der Waals surface area contributed by atoms with Crippen molar-refractivity contribution in [1.29, 1.82) is 0 Å². The Bertz CT molecular complexity index is 423. The molecule has 1 saturated heterocycles. The van der Waals surface area contributed by atoms with Gasteiger partial charge in [-0.2, -0.15) is 4.98 Å². The summed E-state index contributed by atoms with van der Waals surface area (Å²) in [7, 11) is 0. The highest BCUT2D eigenvalue weighted by molar-refractivity contribution is 5.85. The highest BCUT2D eigenvalue weighted by Crippen LogP contribution is 2.35. The predicted molar refractivity (Wildman–Crippen MR) is 84.6 cm³/mol. The van der Waals surface area contributed by atoms with Gasteiger partial charge in [-0.3, -0.25) is 4.90 Å². The Kier molecular flexibility index (Phi) is 6.02. The number of aromatic nitrogens is 2. The van der Waals surface area contributed by atoms with E-state index < -0.39 is 0 Å². The molecule has 2 fully saturated rings. The van der Waals surface area contributed by atoms with Gasteiger partial charge in [-0.1, -0.05) is 31.3 Å². The van der Waals surface area contributed by atoms with Gasteiger partial charge in [-0.05, 0) is 19.3 Å². The molecule has 0 unspecified atom stereocenters. The molecule has 2 heterocycles. The molecule has 2 aliphatic rings. The fourth-order valence-corrected chi connectivity index (χ4v) is 3.68. The van der Waals surface area contributed by atoms with Crippen molar-refractivity contribution in [3.05, 3.63) is 11.7 Å². The Morgan fingerprint density at radius 1 is 1.29 bits per heavy atom. The summed E-state index contributed by atoms with van der Waals surface area (Å²) in [6, 6.07) is 0. The summed E-state index contributed by atoms with van der Waals surface area (Å²) in [6.45, 7) is 6.23. The van der Waals surface area contributed by atoms with Crippen LogP contribution in [0.15, 0.2) is 4.52 Å². The number of nitrogens with one attached hydrogen (secondary N) is 1. The Labute approximate surface area is 133 Å². The van der Waals surface area contributed by atoms with E-state index >= 15 is 0 Å². The molecule has 0 aromatic carbocycles. The summed E-state index contributed by atoms with van der Waals surface area (Å²) >= 11 is 0. The number of hydrogen-bond donors (Lipinski definition) is 1. The minimum Gasteiger partial charge on any atom is -0.338 e. The summed E-state index contributed by atoms with van der Waals surface area (Å²) in [5.41, 5.74) is 0.329. The number of halogens is 1. The van der Waals surface area contributed by atoms with E-state index in [0.29, 0.717) is 5.54 Å². The molecular formula is C15H27ClN4O. The first-order valence-corrected chi connectivity index (χ1v) is 8.10. The van der Waals surface area contributed by atoms with E-state index in [-0.39, 0.29) is 12.4 Å². The molecule has 21 heavy (non-hydrogen) atoms. The highest BCUT2D eigenvalue weighted by Gasteiger charge is 2.40. The van der Waals surface area contributed by atoms with Gasteiger partial charge in [0.25, 0.3) is 0 Å². The van der Waals surface area contributed by atoms with E-state index in [2.05, 4.69) is 27.3 Å². The lowest BCUT2D eigenvalue weighted by atomic mass is 9.79. The summed E-state index contributed by atoms with van der Waals surface area (Å²) in [4.78, 5) is 7.12. The molecular weight excluding hydrogens is 288 g/mol. The Balaban J connectivity index is 0.00000161. The minimum absolute atomic E-state index is 0. The van der Waals surface area contributed by atoms with Crippen LogP contribution in [0.25, 0.3) is 0 Å². The van der Waals surface area contributed by atoms with Crippen LogP contribution in [0.4, 0.5) is 0 Å². The van der Waals surface area contributed by atoms with Gasteiger partial charge >= 0.3 is 0 Å². The maximum Gasteiger partial charge on any atom is 0.240 e. The monoisotopic (exact) mass is 314 g/mol. The van der Waals surface area contributed by atoms with Crippen LogP contribution in [0.5, 0.6) is 0 Å². The predicted octanol–water partition coefficient (Wildman–Crippen LogP) is 2.55. The number of nitrogens with zero attached hydrogens (tertiary/aromatic N) is 3. The molecule has 0 radical (unpaired) electrons. The van der Waals surface area contributed by atoms with E-state index in [9.17, 15) is 0 Å². The average Bonchev–Trinajstić information content (AvgIpc) is 2.91. The zero-order valence-electron chi connectivity index (χ0n) is 12.9. The molecule has 1 saturated carbocycles. The fraction of sp³-hybridized carbons (Fsp3) is 0.867. The number of hydrogen-bond acceptors (Lipinski definition) is 5. The van der Waals surface area contributed by atoms with Crippen molar-refractivity contribution >= 4 is 12.4 Å². The van der Waals surface area contributed by atoms with Crippen LogP contribution in [-0.2, 0) is 13.0 Å². The smallest absolute Gasteiger partial charge is 0.240 e. The Hall–Kier alpha value is -0.650. The molecule has 1 aliphatic carbocycles. The quantitative estimate of drug-likeness (QED) is 0.925. The van der Waals surface area contributed by atoms with Crippen LogP contribution >= 0.6 is 12.4 Å². The first-order chi connectivity index (χ1) is 9.82. The van der Waals surface area contributed by atoms with Gasteiger partial charge in [0.05, 0.1) is 6.54 Å². The van der Waals surface area contributed by atoms with Gasteiger partial charge < -0.3 is 9.84 Å². The first kappa shape index (κ1) is 16.7. The molecule has 1 aliphatic heterocycles. The van der Waals surface area contributed by atoms with Gasteiger partial charge in [0.1, 0.15) is 0 Å². The van der Waals surface area contributed by atoms with Gasteiger partial charge in [0.15, 0.2) is 5.82 Å². The van der Waals surface area contributed by atoms with Crippen LogP contribution in [0, 0.1) is 0 Å². The van der Waals surface area contributed by atoms with Crippen LogP contribution in [0.1, 0.15) is 57.2 Å². The average molecular weight is 315 g/mol. The Morgan fingerprint density at radius 2 is 2.10 bits per heavy atom. The Morgan fingerprint density at radius 3 is 2.86 bits per heavy atom. The number of aryl methyl sites for hydroxylation is 1. The topological polar surface area (TPSA) is 54.2 Å². The maximum atomic E-state index is 5.43. The molecule has 120 valence electrons. The summed E-state index contributed by atoms with van der Waals surface area (Å²) in [5, 5.41) is 7.65. The lowest BCUT2D eigenvalue weighted by Crippen LogP contribution is -2.61. The zero-order chi connectivity index (χ0) is 13.8. The standard InChI is InChI=1S/C15H26N4O.ClH/c1-2-6-13-17-14(20-18-13)11-19-10-9-16-12-15(19)7-4-3-5-8-15;/h16H,2-12H2,1H3;1H. The minimum atomic E-state index is 0. The first-order valence-electron chi connectivity index (χ1n) is 8.10. The van der Waals surface area contributed by atoms with Crippen molar-refractivity contribution in [2.75, 3.05) is 19.6 Å². The summed E-state index contributed by atoms with van der Waals surface area (Å²) in [5.74, 6) is 1.65. The zero-order valence-corrected chi connectivity index (χ0v) is 13.8. The van der Waals surface area contributed by atoms with Gasteiger partial charge in [0, 0.05) is 31.6 Å². The van der Waals surface area contributed by atoms with Gasteiger partial charge in [-0.15, -0.1) is 12.4 Å². The van der Waals surface area contributed by atoms with Crippen LogP contribution in [0.3, 0.4) is 0 Å². The SMILES string of the molecule is CCCc1noc(CN2CCNCC23CCCCC3)n1.Cl. The van der Waals surface area contributed by atoms with E-state index in [0.717, 1.165) is 50.7 Å². The molecule has 1 N–H and O–H groups in total. The molecule has 1 aromatic heterocycles. The van der Waals surface area contributed by atoms with Crippen LogP contribution in [0.2, 0.25) is 0 Å². The fourth-order valence-electron chi connectivity index (χ4n) is 3.68. The van der Waals surface area contributed by atoms with Gasteiger partial charge in [-0.25, -0.2) is 0 Å². The van der Waals surface area contributed by atoms with E-state index in [1.165, 1.54) is 32.1 Å². The van der Waals surface area contributed by atoms with Crippen LogP contribution in [-0.4, -0.2) is 40.2 Å². The normalized spacial score (nSPS) is 22.1. The van der Waals surface area contributed by atoms with Crippen molar-refractivity contribution in [3.8, 4) is 0 Å². The lowest BCUT2D eigenvalue weighted by molar-refractivity contribution is 0.0135. The highest BCUT2D eigenvalue weighted by atomic mass is 35.5. The van der Waals surface area contributed by atoms with E-state index in [1.54, 1.807) is 0 Å². The van der Waals surface area contributed by atoms with Crippen molar-refractivity contribution in [1.82, 2.24) is 20.4 Å². The molecule has 6 heteroatoms. The third kappa shape index (κ3) is 3.76.